The Balaban J connectivity index is 1.64. The van der Waals surface area contributed by atoms with Crippen LogP contribution in [0.5, 0.6) is 0 Å². The van der Waals surface area contributed by atoms with Gasteiger partial charge in [0, 0.05) is 31.8 Å². The number of rotatable bonds is 9. The molecular weight excluding hydrogens is 468 g/mol. The first-order valence-corrected chi connectivity index (χ1v) is 12.6. The zero-order chi connectivity index (χ0) is 23.6. The van der Waals surface area contributed by atoms with Gasteiger partial charge in [-0.3, -0.25) is 0 Å². The molecule has 0 spiro atoms. The van der Waals surface area contributed by atoms with Gasteiger partial charge in [0.05, 0.1) is 22.9 Å². The Morgan fingerprint density at radius 3 is 2.61 bits per heavy atom. The fraction of sp³-hybridized carbons (Fsp3) is 0.476. The lowest BCUT2D eigenvalue weighted by molar-refractivity contribution is -0.0593. The average Bonchev–Trinajstić information content (AvgIpc) is 3.14. The molecule has 10 nitrogen and oxygen atoms in total. The molecule has 1 aliphatic rings. The summed E-state index contributed by atoms with van der Waals surface area (Å²) in [6.45, 7) is 4.59. The van der Waals surface area contributed by atoms with Crippen molar-refractivity contribution >= 4 is 21.4 Å². The van der Waals surface area contributed by atoms with E-state index in [1.807, 2.05) is 25.1 Å². The zero-order valence-corrected chi connectivity index (χ0v) is 20.1. The second kappa shape index (κ2) is 9.80. The van der Waals surface area contributed by atoms with E-state index in [4.69, 9.17) is 21.1 Å². The molecule has 1 fully saturated rings. The van der Waals surface area contributed by atoms with Crippen molar-refractivity contribution in [2.45, 2.75) is 50.0 Å². The first-order valence-electron chi connectivity index (χ1n) is 10.5. The Hall–Kier alpha value is -2.47. The summed E-state index contributed by atoms with van der Waals surface area (Å²) in [7, 11) is -2.31. The van der Waals surface area contributed by atoms with Crippen LogP contribution in [0.3, 0.4) is 0 Å². The van der Waals surface area contributed by atoms with Crippen molar-refractivity contribution in [1.82, 2.24) is 29.7 Å². The van der Waals surface area contributed by atoms with Gasteiger partial charge in [-0.2, -0.15) is 0 Å². The van der Waals surface area contributed by atoms with Crippen molar-refractivity contribution in [3.63, 3.8) is 0 Å². The monoisotopic (exact) mass is 492 g/mol. The number of hydrogen-bond donors (Lipinski definition) is 0. The summed E-state index contributed by atoms with van der Waals surface area (Å²) in [4.78, 5) is 12.8. The van der Waals surface area contributed by atoms with Gasteiger partial charge < -0.3 is 14.0 Å². The number of ether oxygens (including phenoxy) is 2. The first-order chi connectivity index (χ1) is 15.8. The van der Waals surface area contributed by atoms with E-state index in [9.17, 15) is 8.42 Å². The normalized spacial score (nSPS) is 18.0. The molecule has 176 valence electrons. The fourth-order valence-corrected chi connectivity index (χ4v) is 5.14. The van der Waals surface area contributed by atoms with E-state index < -0.39 is 21.2 Å². The number of nitrogens with zero attached hydrogens (tertiary/aromatic N) is 6. The van der Waals surface area contributed by atoms with Crippen LogP contribution in [-0.2, 0) is 31.6 Å². The van der Waals surface area contributed by atoms with Crippen LogP contribution in [0.2, 0.25) is 5.02 Å². The summed E-state index contributed by atoms with van der Waals surface area (Å²) in [6, 6.07) is 5.59. The highest BCUT2D eigenvalue weighted by atomic mass is 35.5. The minimum absolute atomic E-state index is 0.0161. The average molecular weight is 493 g/mol. The lowest BCUT2D eigenvalue weighted by atomic mass is 10.2. The summed E-state index contributed by atoms with van der Waals surface area (Å²) in [5.74, 6) is 0.749. The number of aromatic nitrogens is 6. The number of pyridine rings is 1. The predicted molar refractivity (Wildman–Crippen MR) is 121 cm³/mol. The number of hydrogen-bond acceptors (Lipinski definition) is 9. The molecule has 0 aromatic carbocycles. The topological polar surface area (TPSA) is 122 Å². The maximum atomic E-state index is 13.4. The minimum atomic E-state index is -3.73. The van der Waals surface area contributed by atoms with Crippen LogP contribution >= 0.6 is 11.6 Å². The molecule has 3 atom stereocenters. The number of sulfone groups is 1. The predicted octanol–water partition coefficient (Wildman–Crippen LogP) is 2.57. The molecular formula is C21H25ClN6O4S. The molecule has 3 aromatic heterocycles. The fourth-order valence-electron chi connectivity index (χ4n) is 3.60. The van der Waals surface area contributed by atoms with Gasteiger partial charge in [-0.25, -0.2) is 23.4 Å². The van der Waals surface area contributed by atoms with Crippen LogP contribution in [0.25, 0.3) is 11.5 Å². The van der Waals surface area contributed by atoms with Crippen LogP contribution in [-0.4, -0.2) is 63.2 Å². The van der Waals surface area contributed by atoms with Crippen LogP contribution in [0, 0.1) is 6.92 Å². The van der Waals surface area contributed by atoms with E-state index >= 15 is 0 Å². The first kappa shape index (κ1) is 23.7. The summed E-state index contributed by atoms with van der Waals surface area (Å²) >= 11 is 5.86. The number of methoxy groups -OCH3 is 1. The van der Waals surface area contributed by atoms with Crippen LogP contribution in [0.4, 0.5) is 0 Å². The summed E-state index contributed by atoms with van der Waals surface area (Å²) in [5.41, 5.74) is 1.46. The standard InChI is InChI=1S/C21H25ClN6O4S/c1-13-5-4-6-17(25-13)21-27-26-18(28(21)11-16-7-8-32-16)12-33(29,30)14(2)19(31-3)20-23-9-15(22)10-24-20/h4-6,9-10,14,16,19H,7-8,11-12H2,1-3H3/t14-,16-,19-/m0/s1. The molecule has 1 saturated heterocycles. The smallest absolute Gasteiger partial charge is 0.182 e. The van der Waals surface area contributed by atoms with Gasteiger partial charge in [0.15, 0.2) is 21.5 Å². The molecule has 0 amide bonds. The molecule has 4 heterocycles. The number of aryl methyl sites for hydroxylation is 1. The van der Waals surface area contributed by atoms with Gasteiger partial charge in [0.1, 0.15) is 23.4 Å². The maximum Gasteiger partial charge on any atom is 0.182 e. The van der Waals surface area contributed by atoms with Gasteiger partial charge in [-0.05, 0) is 32.4 Å². The highest BCUT2D eigenvalue weighted by Gasteiger charge is 2.35. The SMILES string of the molecule is CO[C@H](c1ncc(Cl)cn1)[C@H](C)S(=O)(=O)Cc1nnc(-c2cccc(C)n2)n1C[C@@H]1CCO1. The molecule has 0 N–H and O–H groups in total. The molecule has 4 rings (SSSR count). The third-order valence-electron chi connectivity index (χ3n) is 5.60. The number of halogens is 1. The van der Waals surface area contributed by atoms with Crippen molar-refractivity contribution in [2.24, 2.45) is 0 Å². The molecule has 0 aliphatic carbocycles. The van der Waals surface area contributed by atoms with Crippen LogP contribution < -0.4 is 0 Å². The molecule has 0 radical (unpaired) electrons. The Morgan fingerprint density at radius 1 is 1.27 bits per heavy atom. The second-order valence-electron chi connectivity index (χ2n) is 7.92. The lowest BCUT2D eigenvalue weighted by Gasteiger charge is -2.28. The third-order valence-corrected chi connectivity index (χ3v) is 7.83. The quantitative estimate of drug-likeness (QED) is 0.443. The summed E-state index contributed by atoms with van der Waals surface area (Å²) in [6.07, 6.45) is 2.83. The van der Waals surface area contributed by atoms with E-state index in [2.05, 4.69) is 25.1 Å². The molecule has 0 saturated carbocycles. The van der Waals surface area contributed by atoms with Crippen molar-refractivity contribution in [3.8, 4) is 11.5 Å². The van der Waals surface area contributed by atoms with Crippen molar-refractivity contribution < 1.29 is 17.9 Å². The zero-order valence-electron chi connectivity index (χ0n) is 18.5. The van der Waals surface area contributed by atoms with E-state index in [-0.39, 0.29) is 17.7 Å². The highest BCUT2D eigenvalue weighted by Crippen LogP contribution is 2.27. The Bertz CT molecular complexity index is 1210. The largest absolute Gasteiger partial charge is 0.376 e. The van der Waals surface area contributed by atoms with E-state index in [0.717, 1.165) is 12.1 Å². The molecule has 0 unspecified atom stereocenters. The third kappa shape index (κ3) is 5.21. The Labute approximate surface area is 197 Å². The van der Waals surface area contributed by atoms with Crippen molar-refractivity contribution in [2.75, 3.05) is 13.7 Å². The molecule has 33 heavy (non-hydrogen) atoms. The second-order valence-corrected chi connectivity index (χ2v) is 10.7. The Morgan fingerprint density at radius 2 is 2.00 bits per heavy atom. The van der Waals surface area contributed by atoms with Crippen molar-refractivity contribution in [1.29, 1.82) is 0 Å². The molecule has 12 heteroatoms. The minimum Gasteiger partial charge on any atom is -0.376 e. The molecule has 0 bridgehead atoms. The van der Waals surface area contributed by atoms with Gasteiger partial charge in [-0.15, -0.1) is 10.2 Å². The van der Waals surface area contributed by atoms with E-state index in [1.165, 1.54) is 19.5 Å². The van der Waals surface area contributed by atoms with E-state index in [1.54, 1.807) is 11.5 Å². The lowest BCUT2D eigenvalue weighted by Crippen LogP contribution is -2.33. The van der Waals surface area contributed by atoms with Gasteiger partial charge in [-0.1, -0.05) is 17.7 Å². The van der Waals surface area contributed by atoms with Crippen LogP contribution in [0.1, 0.15) is 36.8 Å². The molecule has 1 aliphatic heterocycles. The van der Waals surface area contributed by atoms with Gasteiger partial charge in [0.2, 0.25) is 0 Å². The van der Waals surface area contributed by atoms with Gasteiger partial charge in [0.25, 0.3) is 0 Å². The summed E-state index contributed by atoms with van der Waals surface area (Å²) < 4.78 is 39.6. The van der Waals surface area contributed by atoms with Crippen LogP contribution in [0.15, 0.2) is 30.6 Å². The summed E-state index contributed by atoms with van der Waals surface area (Å²) in [5, 5.41) is 7.91. The highest BCUT2D eigenvalue weighted by molar-refractivity contribution is 7.91. The van der Waals surface area contributed by atoms with Gasteiger partial charge >= 0.3 is 0 Å². The molecule has 3 aromatic rings. The Kier molecular flexibility index (Phi) is 7.03. The van der Waals surface area contributed by atoms with Crippen molar-refractivity contribution in [3.05, 3.63) is 53.0 Å². The maximum absolute atomic E-state index is 13.4. The van der Waals surface area contributed by atoms with E-state index in [0.29, 0.717) is 35.5 Å².